The molecule has 1 saturated heterocycles. The van der Waals surface area contributed by atoms with E-state index in [-0.39, 0.29) is 0 Å². The van der Waals surface area contributed by atoms with E-state index in [1.54, 1.807) is 11.3 Å². The van der Waals surface area contributed by atoms with E-state index in [0.717, 1.165) is 12.6 Å². The molecule has 4 heteroatoms. The Bertz CT molecular complexity index is 313. The van der Waals surface area contributed by atoms with Crippen molar-refractivity contribution in [2.45, 2.75) is 44.3 Å². The predicted octanol–water partition coefficient (Wildman–Crippen LogP) is 1.86. The van der Waals surface area contributed by atoms with Crippen molar-refractivity contribution in [3.05, 3.63) is 16.6 Å². The first kappa shape index (κ1) is 10.7. The van der Waals surface area contributed by atoms with E-state index in [4.69, 9.17) is 0 Å². The van der Waals surface area contributed by atoms with E-state index in [1.165, 1.54) is 43.8 Å². The first-order valence-corrected chi connectivity index (χ1v) is 7.15. The van der Waals surface area contributed by atoms with E-state index >= 15 is 0 Å². The molecule has 2 fully saturated rings. The summed E-state index contributed by atoms with van der Waals surface area (Å²) in [5.74, 6) is 0. The van der Waals surface area contributed by atoms with Gasteiger partial charge in [-0.15, -0.1) is 11.3 Å². The molecule has 1 aliphatic carbocycles. The molecule has 0 unspecified atom stereocenters. The number of nitrogens with one attached hydrogen (secondary N) is 1. The highest BCUT2D eigenvalue weighted by Gasteiger charge is 2.31. The summed E-state index contributed by atoms with van der Waals surface area (Å²) in [6.07, 6.45) is 7.38. The Labute approximate surface area is 101 Å². The summed E-state index contributed by atoms with van der Waals surface area (Å²) in [5.41, 5.74) is 0. The monoisotopic (exact) mass is 237 g/mol. The quantitative estimate of drug-likeness (QED) is 0.866. The van der Waals surface area contributed by atoms with Gasteiger partial charge in [0.05, 0.1) is 0 Å². The minimum Gasteiger partial charge on any atom is -0.308 e. The van der Waals surface area contributed by atoms with Crippen LogP contribution in [0.4, 0.5) is 0 Å². The van der Waals surface area contributed by atoms with E-state index in [1.807, 2.05) is 11.6 Å². The van der Waals surface area contributed by atoms with Crippen LogP contribution in [0, 0.1) is 0 Å². The van der Waals surface area contributed by atoms with Crippen LogP contribution < -0.4 is 5.32 Å². The topological polar surface area (TPSA) is 28.2 Å². The van der Waals surface area contributed by atoms with Crippen LogP contribution in [0.15, 0.2) is 11.6 Å². The zero-order valence-corrected chi connectivity index (χ0v) is 10.4. The van der Waals surface area contributed by atoms with Gasteiger partial charge in [0.15, 0.2) is 0 Å². The third kappa shape index (κ3) is 2.62. The van der Waals surface area contributed by atoms with Gasteiger partial charge in [0.25, 0.3) is 0 Å². The number of aromatic nitrogens is 1. The Morgan fingerprint density at radius 2 is 2.12 bits per heavy atom. The minimum absolute atomic E-state index is 0.707. The Kier molecular flexibility index (Phi) is 3.22. The van der Waals surface area contributed by atoms with E-state index in [2.05, 4.69) is 15.2 Å². The summed E-state index contributed by atoms with van der Waals surface area (Å²) in [4.78, 5) is 6.97. The maximum atomic E-state index is 4.30. The van der Waals surface area contributed by atoms with Gasteiger partial charge in [0, 0.05) is 30.2 Å². The molecule has 1 N–H and O–H groups in total. The number of hydrogen-bond acceptors (Lipinski definition) is 4. The molecule has 0 atom stereocenters. The molecule has 0 aromatic carbocycles. The molecule has 1 aromatic rings. The van der Waals surface area contributed by atoms with Crippen LogP contribution in [-0.4, -0.2) is 35.1 Å². The first-order valence-electron chi connectivity index (χ1n) is 6.27. The molecule has 16 heavy (non-hydrogen) atoms. The van der Waals surface area contributed by atoms with E-state index < -0.39 is 0 Å². The summed E-state index contributed by atoms with van der Waals surface area (Å²) in [6, 6.07) is 1.65. The molecule has 1 aromatic heterocycles. The molecule has 2 heterocycles. The summed E-state index contributed by atoms with van der Waals surface area (Å²) in [5, 5.41) is 6.89. The Morgan fingerprint density at radius 3 is 2.75 bits per heavy atom. The molecule has 3 rings (SSSR count). The second kappa shape index (κ2) is 4.82. The molecule has 88 valence electrons. The van der Waals surface area contributed by atoms with Crippen LogP contribution in [0.1, 0.15) is 30.7 Å². The fourth-order valence-electron chi connectivity index (χ4n) is 2.48. The third-order valence-corrected chi connectivity index (χ3v) is 4.40. The summed E-state index contributed by atoms with van der Waals surface area (Å²) < 4.78 is 0. The van der Waals surface area contributed by atoms with Crippen molar-refractivity contribution in [1.29, 1.82) is 0 Å². The van der Waals surface area contributed by atoms with Crippen LogP contribution in [0.2, 0.25) is 0 Å². The normalized spacial score (nSPS) is 23.8. The highest BCUT2D eigenvalue weighted by Crippen LogP contribution is 2.29. The molecule has 2 aliphatic rings. The largest absolute Gasteiger partial charge is 0.308 e. The Hall–Kier alpha value is -0.450. The van der Waals surface area contributed by atoms with Crippen molar-refractivity contribution >= 4 is 11.3 Å². The Balaban J connectivity index is 1.40. The summed E-state index contributed by atoms with van der Waals surface area (Å²) in [7, 11) is 0. The van der Waals surface area contributed by atoms with Crippen molar-refractivity contribution in [1.82, 2.24) is 15.2 Å². The molecule has 0 radical (unpaired) electrons. The van der Waals surface area contributed by atoms with Gasteiger partial charge in [-0.2, -0.15) is 0 Å². The number of likely N-dealkylation sites (tertiary alicyclic amines) is 1. The minimum atomic E-state index is 0.707. The van der Waals surface area contributed by atoms with Gasteiger partial charge in [0.1, 0.15) is 5.01 Å². The average Bonchev–Trinajstić information content (AvgIpc) is 3.05. The number of rotatable bonds is 4. The van der Waals surface area contributed by atoms with Gasteiger partial charge in [-0.3, -0.25) is 0 Å². The van der Waals surface area contributed by atoms with Crippen molar-refractivity contribution in [2.24, 2.45) is 0 Å². The molecular formula is C12H19N3S. The van der Waals surface area contributed by atoms with Crippen LogP contribution in [0.3, 0.4) is 0 Å². The number of piperidine rings is 1. The summed E-state index contributed by atoms with van der Waals surface area (Å²) >= 11 is 1.74. The lowest BCUT2D eigenvalue weighted by atomic mass is 10.1. The van der Waals surface area contributed by atoms with Gasteiger partial charge >= 0.3 is 0 Å². The lowest BCUT2D eigenvalue weighted by molar-refractivity contribution is 0.189. The highest BCUT2D eigenvalue weighted by atomic mass is 32.1. The smallest absolute Gasteiger partial charge is 0.106 e. The van der Waals surface area contributed by atoms with Crippen LogP contribution in [0.25, 0.3) is 0 Å². The molecule has 0 bridgehead atoms. The van der Waals surface area contributed by atoms with Crippen LogP contribution in [-0.2, 0) is 6.54 Å². The second-order valence-corrected chi connectivity index (χ2v) is 5.83. The van der Waals surface area contributed by atoms with Gasteiger partial charge < -0.3 is 10.2 Å². The average molecular weight is 237 g/mol. The maximum absolute atomic E-state index is 4.30. The lowest BCUT2D eigenvalue weighted by Gasteiger charge is -2.32. The standard InChI is InChI=1S/C12H19N3S/c1-2-11(1)15-6-3-10(4-7-15)14-9-12-13-5-8-16-12/h5,8,10-11,14H,1-4,6-7,9H2. The van der Waals surface area contributed by atoms with E-state index in [9.17, 15) is 0 Å². The lowest BCUT2D eigenvalue weighted by Crippen LogP contribution is -2.43. The molecule has 1 aliphatic heterocycles. The fourth-order valence-corrected chi connectivity index (χ4v) is 3.05. The van der Waals surface area contributed by atoms with Crippen LogP contribution in [0.5, 0.6) is 0 Å². The number of thiazole rings is 1. The van der Waals surface area contributed by atoms with E-state index in [0.29, 0.717) is 6.04 Å². The SMILES string of the molecule is c1csc(CNC2CCN(C3CC3)CC2)n1. The van der Waals surface area contributed by atoms with Crippen molar-refractivity contribution in [3.63, 3.8) is 0 Å². The molecular weight excluding hydrogens is 218 g/mol. The van der Waals surface area contributed by atoms with Crippen molar-refractivity contribution in [2.75, 3.05) is 13.1 Å². The third-order valence-electron chi connectivity index (χ3n) is 3.62. The zero-order chi connectivity index (χ0) is 10.8. The van der Waals surface area contributed by atoms with Crippen molar-refractivity contribution < 1.29 is 0 Å². The number of nitrogens with zero attached hydrogens (tertiary/aromatic N) is 2. The maximum Gasteiger partial charge on any atom is 0.106 e. The molecule has 0 spiro atoms. The zero-order valence-electron chi connectivity index (χ0n) is 9.56. The fraction of sp³-hybridized carbons (Fsp3) is 0.750. The molecule has 0 amide bonds. The van der Waals surface area contributed by atoms with Gasteiger partial charge in [-0.25, -0.2) is 4.98 Å². The van der Waals surface area contributed by atoms with Gasteiger partial charge in [0.2, 0.25) is 0 Å². The first-order chi connectivity index (χ1) is 7.92. The van der Waals surface area contributed by atoms with Gasteiger partial charge in [-0.05, 0) is 38.8 Å². The second-order valence-electron chi connectivity index (χ2n) is 4.85. The van der Waals surface area contributed by atoms with Crippen molar-refractivity contribution in [3.8, 4) is 0 Å². The highest BCUT2D eigenvalue weighted by molar-refractivity contribution is 7.09. The predicted molar refractivity (Wildman–Crippen MR) is 66.6 cm³/mol. The molecule has 3 nitrogen and oxygen atoms in total. The summed E-state index contributed by atoms with van der Waals surface area (Å²) in [6.45, 7) is 3.53. The van der Waals surface area contributed by atoms with Crippen LogP contribution >= 0.6 is 11.3 Å². The molecule has 1 saturated carbocycles. The van der Waals surface area contributed by atoms with Gasteiger partial charge in [-0.1, -0.05) is 0 Å². The number of hydrogen-bond donors (Lipinski definition) is 1. The Morgan fingerprint density at radius 1 is 1.31 bits per heavy atom.